The highest BCUT2D eigenvalue weighted by Crippen LogP contribution is 2.21. The van der Waals surface area contributed by atoms with Gasteiger partial charge < -0.3 is 19.9 Å². The van der Waals surface area contributed by atoms with E-state index in [1.165, 1.54) is 11.2 Å². The quantitative estimate of drug-likeness (QED) is 0.591. The van der Waals surface area contributed by atoms with Crippen molar-refractivity contribution in [2.75, 3.05) is 46.0 Å². The molecule has 1 aromatic carbocycles. The molecular formula is C24H38N4O6S. The van der Waals surface area contributed by atoms with E-state index in [2.05, 4.69) is 10.2 Å². The lowest BCUT2D eigenvalue weighted by Gasteiger charge is -2.31. The summed E-state index contributed by atoms with van der Waals surface area (Å²) in [7, 11) is -1.49. The number of Topliss-reactive ketones (excluding diaryl/α,β-unsaturated/α-hetero) is 1. The molecule has 0 spiro atoms. The molecule has 2 saturated heterocycles. The average molecular weight is 511 g/mol. The molecule has 1 N–H and O–H groups in total. The van der Waals surface area contributed by atoms with E-state index < -0.39 is 34.1 Å². The standard InChI is InChI=1S/C22H32N4O6S.C2H6/c1-16(27)19(23-21(28)20-5-4-10-26(20)33(3,30)31)15-17-6-8-18(9-7-17)32-22(29)25-13-11-24(2)12-14-25;1-2/h6-9,19-20H,4-5,10-15H2,1-3H3,(H,23,28);1-2H3/t19-,20?;/m0./s1. The highest BCUT2D eigenvalue weighted by atomic mass is 32.2. The van der Waals surface area contributed by atoms with Crippen LogP contribution < -0.4 is 10.1 Å². The van der Waals surface area contributed by atoms with E-state index in [9.17, 15) is 22.8 Å². The van der Waals surface area contributed by atoms with Crippen LogP contribution in [0.25, 0.3) is 0 Å². The highest BCUT2D eigenvalue weighted by molar-refractivity contribution is 7.88. The average Bonchev–Trinajstić information content (AvgIpc) is 3.32. The fraction of sp³-hybridized carbons (Fsp3) is 0.625. The SMILES string of the molecule is CC.CC(=O)[C@H](Cc1ccc(OC(=O)N2CCN(C)CC2)cc1)NC(=O)C1CCCN1S(C)(=O)=O. The third-order valence-electron chi connectivity index (χ3n) is 6.07. The second kappa shape index (κ2) is 13.0. The van der Waals surface area contributed by atoms with Crippen molar-refractivity contribution in [3.8, 4) is 5.75 Å². The van der Waals surface area contributed by atoms with E-state index in [4.69, 9.17) is 4.74 Å². The Kier molecular flexibility index (Phi) is 10.7. The first-order valence-corrected chi connectivity index (χ1v) is 13.9. The Labute approximate surface area is 208 Å². The molecule has 196 valence electrons. The number of amides is 2. The van der Waals surface area contributed by atoms with Crippen molar-refractivity contribution in [2.45, 2.75) is 52.1 Å². The van der Waals surface area contributed by atoms with Crippen molar-refractivity contribution in [2.24, 2.45) is 0 Å². The maximum Gasteiger partial charge on any atom is 0.415 e. The van der Waals surface area contributed by atoms with Gasteiger partial charge in [-0.25, -0.2) is 13.2 Å². The van der Waals surface area contributed by atoms with Gasteiger partial charge in [-0.05, 0) is 50.9 Å². The number of nitrogens with zero attached hydrogens (tertiary/aromatic N) is 3. The number of hydrogen-bond donors (Lipinski definition) is 1. The molecule has 1 unspecified atom stereocenters. The number of piperazine rings is 1. The number of likely N-dealkylation sites (N-methyl/N-ethyl adjacent to an activating group) is 1. The molecule has 0 radical (unpaired) electrons. The maximum atomic E-state index is 12.7. The molecule has 35 heavy (non-hydrogen) atoms. The number of ketones is 1. The van der Waals surface area contributed by atoms with Crippen molar-refractivity contribution >= 4 is 27.8 Å². The van der Waals surface area contributed by atoms with Gasteiger partial charge in [0.1, 0.15) is 11.8 Å². The third kappa shape index (κ3) is 8.29. The minimum atomic E-state index is -3.50. The van der Waals surface area contributed by atoms with Gasteiger partial charge in [0.15, 0.2) is 5.78 Å². The largest absolute Gasteiger partial charge is 0.415 e. The van der Waals surface area contributed by atoms with Gasteiger partial charge in [0.2, 0.25) is 15.9 Å². The first-order chi connectivity index (χ1) is 16.5. The van der Waals surface area contributed by atoms with Crippen LogP contribution in [-0.2, 0) is 26.0 Å². The normalized spacial score (nSPS) is 19.9. The number of carbonyl (C=O) groups excluding carboxylic acids is 3. The number of sulfonamides is 1. The van der Waals surface area contributed by atoms with E-state index in [0.29, 0.717) is 38.2 Å². The van der Waals surface area contributed by atoms with E-state index in [1.54, 1.807) is 29.2 Å². The number of carbonyl (C=O) groups is 3. The lowest BCUT2D eigenvalue weighted by molar-refractivity contribution is -0.128. The van der Waals surface area contributed by atoms with Crippen molar-refractivity contribution in [1.29, 1.82) is 0 Å². The first-order valence-electron chi connectivity index (χ1n) is 12.1. The molecule has 0 aliphatic carbocycles. The fourth-order valence-electron chi connectivity index (χ4n) is 4.05. The van der Waals surface area contributed by atoms with Gasteiger partial charge in [-0.3, -0.25) is 9.59 Å². The van der Waals surface area contributed by atoms with Crippen LogP contribution in [0.3, 0.4) is 0 Å². The summed E-state index contributed by atoms with van der Waals surface area (Å²) in [6, 6.07) is 5.23. The summed E-state index contributed by atoms with van der Waals surface area (Å²) in [4.78, 5) is 41.0. The molecule has 2 heterocycles. The van der Waals surface area contributed by atoms with Gasteiger partial charge in [-0.15, -0.1) is 0 Å². The summed E-state index contributed by atoms with van der Waals surface area (Å²) in [5.74, 6) is -0.283. The van der Waals surface area contributed by atoms with E-state index >= 15 is 0 Å². The molecule has 11 heteroatoms. The minimum absolute atomic E-state index is 0.224. The Bertz CT molecular complexity index is 974. The summed E-state index contributed by atoms with van der Waals surface area (Å²) >= 11 is 0. The molecule has 2 aliphatic rings. The van der Waals surface area contributed by atoms with Crippen LogP contribution in [0, 0.1) is 0 Å². The Balaban J connectivity index is 0.00000210. The lowest BCUT2D eigenvalue weighted by atomic mass is 10.0. The molecule has 1 aromatic rings. The number of hydrogen-bond acceptors (Lipinski definition) is 7. The monoisotopic (exact) mass is 510 g/mol. The third-order valence-corrected chi connectivity index (χ3v) is 7.36. The minimum Gasteiger partial charge on any atom is -0.410 e. The van der Waals surface area contributed by atoms with E-state index in [0.717, 1.165) is 24.9 Å². The molecule has 0 aromatic heterocycles. The van der Waals surface area contributed by atoms with Crippen molar-refractivity contribution in [3.05, 3.63) is 29.8 Å². The number of ether oxygens (including phenoxy) is 1. The Hall–Kier alpha value is -2.50. The van der Waals surface area contributed by atoms with Gasteiger partial charge in [0.05, 0.1) is 12.3 Å². The Morgan fingerprint density at radius 1 is 1.06 bits per heavy atom. The predicted octanol–water partition coefficient (Wildman–Crippen LogP) is 1.50. The molecule has 0 saturated carbocycles. The van der Waals surface area contributed by atoms with Crippen LogP contribution in [0.1, 0.15) is 39.2 Å². The molecule has 3 rings (SSSR count). The maximum absolute atomic E-state index is 12.7. The van der Waals surface area contributed by atoms with Gasteiger partial charge in [0, 0.05) is 32.7 Å². The van der Waals surface area contributed by atoms with Crippen LogP contribution in [0.2, 0.25) is 0 Å². The summed E-state index contributed by atoms with van der Waals surface area (Å²) in [6.45, 7) is 8.52. The zero-order chi connectivity index (χ0) is 26.2. The number of nitrogens with one attached hydrogen (secondary N) is 1. The molecule has 0 bridgehead atoms. The molecule has 10 nitrogen and oxygen atoms in total. The zero-order valence-electron chi connectivity index (χ0n) is 21.3. The molecular weight excluding hydrogens is 472 g/mol. The summed E-state index contributed by atoms with van der Waals surface area (Å²) in [5, 5.41) is 2.71. The summed E-state index contributed by atoms with van der Waals surface area (Å²) in [5.41, 5.74) is 0.779. The van der Waals surface area contributed by atoms with Gasteiger partial charge in [-0.1, -0.05) is 26.0 Å². The van der Waals surface area contributed by atoms with Gasteiger partial charge in [0.25, 0.3) is 0 Å². The molecule has 2 amide bonds. The summed E-state index contributed by atoms with van der Waals surface area (Å²) < 4.78 is 30.5. The topological polar surface area (TPSA) is 116 Å². The van der Waals surface area contributed by atoms with Crippen LogP contribution in [-0.4, -0.2) is 98.4 Å². The van der Waals surface area contributed by atoms with Crippen LogP contribution in [0.4, 0.5) is 4.79 Å². The molecule has 2 aliphatic heterocycles. The fourth-order valence-corrected chi connectivity index (χ4v) is 5.17. The van der Waals surface area contributed by atoms with Crippen LogP contribution >= 0.6 is 0 Å². The Morgan fingerprint density at radius 3 is 2.20 bits per heavy atom. The van der Waals surface area contributed by atoms with E-state index in [1.807, 2.05) is 20.9 Å². The zero-order valence-corrected chi connectivity index (χ0v) is 22.1. The number of benzene rings is 1. The first kappa shape index (κ1) is 28.7. The predicted molar refractivity (Wildman–Crippen MR) is 134 cm³/mol. The van der Waals surface area contributed by atoms with Crippen molar-refractivity contribution < 1.29 is 27.5 Å². The van der Waals surface area contributed by atoms with Gasteiger partial charge >= 0.3 is 6.09 Å². The lowest BCUT2D eigenvalue weighted by Crippen LogP contribution is -2.50. The van der Waals surface area contributed by atoms with E-state index in [-0.39, 0.29) is 12.2 Å². The van der Waals surface area contributed by atoms with Crippen molar-refractivity contribution in [3.63, 3.8) is 0 Å². The highest BCUT2D eigenvalue weighted by Gasteiger charge is 2.37. The smallest absolute Gasteiger partial charge is 0.410 e. The van der Waals surface area contributed by atoms with Gasteiger partial charge in [-0.2, -0.15) is 4.31 Å². The molecule has 2 fully saturated rings. The van der Waals surface area contributed by atoms with Crippen LogP contribution in [0.15, 0.2) is 24.3 Å². The van der Waals surface area contributed by atoms with Crippen molar-refractivity contribution in [1.82, 2.24) is 19.4 Å². The van der Waals surface area contributed by atoms with Crippen LogP contribution in [0.5, 0.6) is 5.75 Å². The summed E-state index contributed by atoms with van der Waals surface area (Å²) in [6.07, 6.45) is 1.97. The number of rotatable bonds is 7. The second-order valence-corrected chi connectivity index (χ2v) is 10.6. The second-order valence-electron chi connectivity index (χ2n) is 8.71. The molecule has 2 atom stereocenters. The Morgan fingerprint density at radius 2 is 1.66 bits per heavy atom.